The van der Waals surface area contributed by atoms with Crippen molar-refractivity contribution in [3.8, 4) is 5.75 Å². The number of carbonyl (C=O) groups excluding carboxylic acids is 2. The largest absolute Gasteiger partial charge is 0.492 e. The molecule has 1 saturated heterocycles. The SMILES string of the molecule is CC(C)CC[C@@]1(C)NC(=O)N(CCOc2ccc(Br)cc2)C1=O. The van der Waals surface area contributed by atoms with Gasteiger partial charge in [-0.15, -0.1) is 0 Å². The van der Waals surface area contributed by atoms with Gasteiger partial charge in [0, 0.05) is 4.47 Å². The van der Waals surface area contributed by atoms with Crippen LogP contribution in [-0.2, 0) is 4.79 Å². The van der Waals surface area contributed by atoms with Crippen LogP contribution in [0.5, 0.6) is 5.75 Å². The Morgan fingerprint density at radius 1 is 1.26 bits per heavy atom. The number of amides is 3. The molecule has 6 heteroatoms. The molecule has 0 bridgehead atoms. The van der Waals surface area contributed by atoms with E-state index < -0.39 is 5.54 Å². The zero-order valence-electron chi connectivity index (χ0n) is 13.8. The van der Waals surface area contributed by atoms with Crippen LogP contribution in [0.2, 0.25) is 0 Å². The lowest BCUT2D eigenvalue weighted by atomic mass is 9.92. The maximum absolute atomic E-state index is 12.5. The first kappa shape index (κ1) is 17.8. The summed E-state index contributed by atoms with van der Waals surface area (Å²) < 4.78 is 6.56. The van der Waals surface area contributed by atoms with Gasteiger partial charge in [-0.2, -0.15) is 0 Å². The van der Waals surface area contributed by atoms with Crippen molar-refractivity contribution in [1.82, 2.24) is 10.2 Å². The van der Waals surface area contributed by atoms with E-state index >= 15 is 0 Å². The molecule has 1 fully saturated rings. The predicted molar refractivity (Wildman–Crippen MR) is 92.4 cm³/mol. The van der Waals surface area contributed by atoms with Gasteiger partial charge in [0.1, 0.15) is 17.9 Å². The molecule has 1 aromatic rings. The number of urea groups is 1. The molecule has 0 radical (unpaired) electrons. The summed E-state index contributed by atoms with van der Waals surface area (Å²) in [7, 11) is 0. The molecule has 0 saturated carbocycles. The molecule has 1 aromatic carbocycles. The molecule has 2 rings (SSSR count). The maximum atomic E-state index is 12.5. The number of hydrogen-bond acceptors (Lipinski definition) is 3. The van der Waals surface area contributed by atoms with Gasteiger partial charge in [-0.3, -0.25) is 9.69 Å². The van der Waals surface area contributed by atoms with Crippen LogP contribution in [0.25, 0.3) is 0 Å². The third-order valence-corrected chi connectivity index (χ3v) is 4.49. The van der Waals surface area contributed by atoms with E-state index in [2.05, 4.69) is 35.1 Å². The third-order valence-electron chi connectivity index (χ3n) is 3.96. The fourth-order valence-electron chi connectivity index (χ4n) is 2.48. The third kappa shape index (κ3) is 4.47. The summed E-state index contributed by atoms with van der Waals surface area (Å²) in [4.78, 5) is 25.8. The van der Waals surface area contributed by atoms with E-state index in [1.54, 1.807) is 6.92 Å². The number of hydrogen-bond donors (Lipinski definition) is 1. The topological polar surface area (TPSA) is 58.6 Å². The molecule has 0 spiro atoms. The zero-order valence-corrected chi connectivity index (χ0v) is 15.4. The summed E-state index contributed by atoms with van der Waals surface area (Å²) in [5.41, 5.74) is -0.793. The van der Waals surface area contributed by atoms with E-state index in [0.29, 0.717) is 18.1 Å². The van der Waals surface area contributed by atoms with Crippen LogP contribution in [0, 0.1) is 5.92 Å². The van der Waals surface area contributed by atoms with Gasteiger partial charge in [-0.05, 0) is 49.9 Å². The number of benzene rings is 1. The van der Waals surface area contributed by atoms with Crippen LogP contribution in [0.15, 0.2) is 28.7 Å². The molecule has 1 atom stereocenters. The van der Waals surface area contributed by atoms with Crippen LogP contribution in [0.4, 0.5) is 4.79 Å². The second kappa shape index (κ2) is 7.34. The highest BCUT2D eigenvalue weighted by molar-refractivity contribution is 9.10. The number of ether oxygens (including phenoxy) is 1. The number of imide groups is 1. The van der Waals surface area contributed by atoms with Crippen molar-refractivity contribution in [3.05, 3.63) is 28.7 Å². The second-order valence-corrected chi connectivity index (χ2v) is 7.37. The molecular formula is C17H23BrN2O3. The lowest BCUT2D eigenvalue weighted by molar-refractivity contribution is -0.131. The fraction of sp³-hybridized carbons (Fsp3) is 0.529. The van der Waals surface area contributed by atoms with Gasteiger partial charge in [0.05, 0.1) is 6.54 Å². The zero-order chi connectivity index (χ0) is 17.0. The van der Waals surface area contributed by atoms with Gasteiger partial charge < -0.3 is 10.1 Å². The van der Waals surface area contributed by atoms with E-state index in [1.165, 1.54) is 4.90 Å². The summed E-state index contributed by atoms with van der Waals surface area (Å²) in [6, 6.07) is 7.10. The molecule has 1 aliphatic heterocycles. The van der Waals surface area contributed by atoms with Gasteiger partial charge >= 0.3 is 6.03 Å². The molecule has 1 heterocycles. The summed E-state index contributed by atoms with van der Waals surface area (Å²) in [6.07, 6.45) is 1.55. The minimum Gasteiger partial charge on any atom is -0.492 e. The Kier molecular flexibility index (Phi) is 5.68. The van der Waals surface area contributed by atoms with Crippen molar-refractivity contribution in [3.63, 3.8) is 0 Å². The number of carbonyl (C=O) groups is 2. The summed E-state index contributed by atoms with van der Waals surface area (Å²) in [6.45, 7) is 6.53. The minimum atomic E-state index is -0.793. The fourth-order valence-corrected chi connectivity index (χ4v) is 2.75. The Hall–Kier alpha value is -1.56. The lowest BCUT2D eigenvalue weighted by Crippen LogP contribution is -2.44. The first-order valence-corrected chi connectivity index (χ1v) is 8.63. The Balaban J connectivity index is 1.88. The summed E-state index contributed by atoms with van der Waals surface area (Å²) in [5.74, 6) is 1.04. The molecule has 0 aromatic heterocycles. The molecular weight excluding hydrogens is 360 g/mol. The Bertz CT molecular complexity index is 574. The van der Waals surface area contributed by atoms with Gasteiger partial charge in [-0.1, -0.05) is 29.8 Å². The minimum absolute atomic E-state index is 0.164. The van der Waals surface area contributed by atoms with E-state index in [1.807, 2.05) is 24.3 Å². The number of nitrogens with zero attached hydrogens (tertiary/aromatic N) is 1. The Morgan fingerprint density at radius 3 is 2.52 bits per heavy atom. The van der Waals surface area contributed by atoms with Gasteiger partial charge in [-0.25, -0.2) is 4.79 Å². The predicted octanol–water partition coefficient (Wildman–Crippen LogP) is 3.57. The first-order chi connectivity index (χ1) is 10.8. The van der Waals surface area contributed by atoms with Crippen LogP contribution < -0.4 is 10.1 Å². The number of rotatable bonds is 7. The van der Waals surface area contributed by atoms with Gasteiger partial charge in [0.15, 0.2) is 0 Å². The van der Waals surface area contributed by atoms with E-state index in [-0.39, 0.29) is 25.1 Å². The second-order valence-electron chi connectivity index (χ2n) is 6.45. The van der Waals surface area contributed by atoms with Crippen LogP contribution >= 0.6 is 15.9 Å². The van der Waals surface area contributed by atoms with E-state index in [4.69, 9.17) is 4.74 Å². The Morgan fingerprint density at radius 2 is 1.91 bits per heavy atom. The van der Waals surface area contributed by atoms with Crippen molar-refractivity contribution >= 4 is 27.9 Å². The Labute approximate surface area is 145 Å². The van der Waals surface area contributed by atoms with Crippen LogP contribution in [0.3, 0.4) is 0 Å². The molecule has 23 heavy (non-hydrogen) atoms. The van der Waals surface area contributed by atoms with Gasteiger partial charge in [0.25, 0.3) is 5.91 Å². The summed E-state index contributed by atoms with van der Waals surface area (Å²) >= 11 is 3.36. The molecule has 3 amide bonds. The van der Waals surface area contributed by atoms with E-state index in [0.717, 1.165) is 10.9 Å². The highest BCUT2D eigenvalue weighted by Gasteiger charge is 2.47. The summed E-state index contributed by atoms with van der Waals surface area (Å²) in [5, 5.41) is 2.82. The number of nitrogens with one attached hydrogen (secondary N) is 1. The van der Waals surface area contributed by atoms with E-state index in [9.17, 15) is 9.59 Å². The molecule has 0 aliphatic carbocycles. The van der Waals surface area contributed by atoms with Crippen LogP contribution in [-0.4, -0.2) is 35.5 Å². The van der Waals surface area contributed by atoms with Crippen molar-refractivity contribution in [1.29, 1.82) is 0 Å². The quantitative estimate of drug-likeness (QED) is 0.733. The van der Waals surface area contributed by atoms with Crippen LogP contribution in [0.1, 0.15) is 33.6 Å². The standard InChI is InChI=1S/C17H23BrN2O3/c1-12(2)8-9-17(3)15(21)20(16(22)19-17)10-11-23-14-6-4-13(18)5-7-14/h4-7,12H,8-11H2,1-3H3,(H,19,22)/t17-/m1/s1. The maximum Gasteiger partial charge on any atom is 0.325 e. The van der Waals surface area contributed by atoms with Crippen molar-refractivity contribution in [2.75, 3.05) is 13.2 Å². The highest BCUT2D eigenvalue weighted by Crippen LogP contribution is 2.24. The molecule has 5 nitrogen and oxygen atoms in total. The van der Waals surface area contributed by atoms with Crippen molar-refractivity contribution < 1.29 is 14.3 Å². The van der Waals surface area contributed by atoms with Crippen molar-refractivity contribution in [2.24, 2.45) is 5.92 Å². The highest BCUT2D eigenvalue weighted by atomic mass is 79.9. The molecule has 1 aliphatic rings. The average Bonchev–Trinajstić information content (AvgIpc) is 2.71. The normalized spacial score (nSPS) is 21.0. The molecule has 1 N–H and O–H groups in total. The first-order valence-electron chi connectivity index (χ1n) is 7.84. The molecule has 0 unspecified atom stereocenters. The van der Waals surface area contributed by atoms with Gasteiger partial charge in [0.2, 0.25) is 0 Å². The molecule has 126 valence electrons. The smallest absolute Gasteiger partial charge is 0.325 e. The van der Waals surface area contributed by atoms with Crippen molar-refractivity contribution in [2.45, 2.75) is 39.2 Å². The number of halogens is 1. The lowest BCUT2D eigenvalue weighted by Gasteiger charge is -2.22. The monoisotopic (exact) mass is 382 g/mol. The average molecular weight is 383 g/mol.